The van der Waals surface area contributed by atoms with Gasteiger partial charge < -0.3 is 15.0 Å². The first-order valence-electron chi connectivity index (χ1n) is 9.55. The van der Waals surface area contributed by atoms with Gasteiger partial charge in [0.1, 0.15) is 22.6 Å². The Morgan fingerprint density at radius 3 is 2.72 bits per heavy atom. The largest absolute Gasteiger partial charge is 0.444 e. The number of hydrogen-bond donors (Lipinski definition) is 1. The molecule has 1 atom stereocenters. The first-order valence-corrected chi connectivity index (χ1v) is 10.4. The predicted octanol–water partition coefficient (Wildman–Crippen LogP) is 4.68. The van der Waals surface area contributed by atoms with Crippen LogP contribution >= 0.6 is 11.3 Å². The van der Waals surface area contributed by atoms with Crippen LogP contribution in [-0.2, 0) is 11.2 Å². The van der Waals surface area contributed by atoms with Gasteiger partial charge in [-0.05, 0) is 46.1 Å². The van der Waals surface area contributed by atoms with Crippen LogP contribution in [0.15, 0.2) is 12.4 Å². The minimum absolute atomic E-state index is 0.0181. The molecule has 0 unspecified atom stereocenters. The van der Waals surface area contributed by atoms with Crippen molar-refractivity contribution in [2.75, 3.05) is 18.0 Å². The fourth-order valence-corrected chi connectivity index (χ4v) is 4.38. The lowest BCUT2D eigenvalue weighted by atomic mass is 10.1. The monoisotopic (exact) mass is 430 g/mol. The van der Waals surface area contributed by atoms with E-state index >= 15 is 0 Å². The van der Waals surface area contributed by atoms with Crippen molar-refractivity contribution in [3.05, 3.63) is 17.3 Å². The highest BCUT2D eigenvalue weighted by Gasteiger charge is 2.29. The molecule has 0 bridgehead atoms. The molecular formula is C19H25F3N4O2S. The molecule has 0 aromatic carbocycles. The van der Waals surface area contributed by atoms with E-state index in [0.29, 0.717) is 35.5 Å². The number of carbonyl (C=O) groups is 1. The van der Waals surface area contributed by atoms with Gasteiger partial charge in [-0.1, -0.05) is 0 Å². The third kappa shape index (κ3) is 6.19. The molecule has 1 aliphatic rings. The number of nitrogens with one attached hydrogen (secondary N) is 1. The van der Waals surface area contributed by atoms with Crippen LogP contribution in [0.2, 0.25) is 0 Å². The number of hydrogen-bond acceptors (Lipinski definition) is 6. The second-order valence-corrected chi connectivity index (χ2v) is 9.30. The molecule has 29 heavy (non-hydrogen) atoms. The number of fused-ring (bicyclic) bond motifs is 1. The molecule has 0 spiro atoms. The summed E-state index contributed by atoms with van der Waals surface area (Å²) in [6.45, 7) is 6.79. The lowest BCUT2D eigenvalue weighted by molar-refractivity contribution is -0.126. The van der Waals surface area contributed by atoms with E-state index in [1.54, 1.807) is 6.07 Å². The van der Waals surface area contributed by atoms with Crippen LogP contribution in [0.1, 0.15) is 44.9 Å². The van der Waals surface area contributed by atoms with E-state index in [9.17, 15) is 18.0 Å². The Hall–Kier alpha value is -2.10. The topological polar surface area (TPSA) is 67.3 Å². The molecule has 0 aliphatic carbocycles. The zero-order chi connectivity index (χ0) is 21.2. The van der Waals surface area contributed by atoms with E-state index < -0.39 is 24.3 Å². The number of rotatable bonds is 3. The fourth-order valence-electron chi connectivity index (χ4n) is 3.36. The molecule has 1 fully saturated rings. The third-order valence-corrected chi connectivity index (χ3v) is 5.53. The molecule has 160 valence electrons. The zero-order valence-electron chi connectivity index (χ0n) is 16.7. The third-order valence-electron chi connectivity index (χ3n) is 4.48. The molecular weight excluding hydrogens is 405 g/mol. The molecule has 6 nitrogen and oxygen atoms in total. The van der Waals surface area contributed by atoms with Crippen molar-refractivity contribution in [2.24, 2.45) is 0 Å². The number of aromatic nitrogens is 2. The number of thiophene rings is 1. The van der Waals surface area contributed by atoms with E-state index in [1.165, 1.54) is 6.33 Å². The molecule has 1 N–H and O–H groups in total. The zero-order valence-corrected chi connectivity index (χ0v) is 17.5. The Morgan fingerprint density at radius 1 is 1.28 bits per heavy atom. The van der Waals surface area contributed by atoms with Crippen molar-refractivity contribution in [3.8, 4) is 0 Å². The van der Waals surface area contributed by atoms with E-state index in [1.807, 2.05) is 20.8 Å². The van der Waals surface area contributed by atoms with Gasteiger partial charge in [-0.2, -0.15) is 13.2 Å². The van der Waals surface area contributed by atoms with Crippen LogP contribution < -0.4 is 10.2 Å². The number of alkyl halides is 3. The van der Waals surface area contributed by atoms with E-state index in [0.717, 1.165) is 24.2 Å². The molecule has 0 saturated carbocycles. The van der Waals surface area contributed by atoms with Crippen LogP contribution in [-0.4, -0.2) is 47.0 Å². The number of amides is 1. The van der Waals surface area contributed by atoms with Gasteiger partial charge in [0.15, 0.2) is 0 Å². The summed E-state index contributed by atoms with van der Waals surface area (Å²) in [4.78, 5) is 23.4. The Morgan fingerprint density at radius 2 is 2.03 bits per heavy atom. The quantitative estimate of drug-likeness (QED) is 0.766. The molecule has 1 aliphatic heterocycles. The SMILES string of the molecule is CC(C)(C)OC(=O)N[C@H]1CCCN(c2ncnc3sc(CC(F)(F)F)cc23)CC1. The summed E-state index contributed by atoms with van der Waals surface area (Å²) < 4.78 is 43.6. The Bertz CT molecular complexity index is 863. The minimum Gasteiger partial charge on any atom is -0.444 e. The number of nitrogens with zero attached hydrogens (tertiary/aromatic N) is 3. The summed E-state index contributed by atoms with van der Waals surface area (Å²) in [6.07, 6.45) is -1.93. The maximum atomic E-state index is 12.7. The normalized spacial score (nSPS) is 18.6. The van der Waals surface area contributed by atoms with Crippen molar-refractivity contribution in [1.82, 2.24) is 15.3 Å². The molecule has 2 aromatic heterocycles. The van der Waals surface area contributed by atoms with Gasteiger partial charge in [-0.25, -0.2) is 14.8 Å². The molecule has 1 saturated heterocycles. The smallest absolute Gasteiger partial charge is 0.407 e. The van der Waals surface area contributed by atoms with Crippen LogP contribution in [0.4, 0.5) is 23.8 Å². The van der Waals surface area contributed by atoms with Crippen LogP contribution in [0, 0.1) is 0 Å². The van der Waals surface area contributed by atoms with E-state index in [2.05, 4.69) is 20.2 Å². The van der Waals surface area contributed by atoms with Crippen molar-refractivity contribution in [2.45, 2.75) is 64.3 Å². The van der Waals surface area contributed by atoms with Crippen molar-refractivity contribution in [3.63, 3.8) is 0 Å². The predicted molar refractivity (Wildman–Crippen MR) is 106 cm³/mol. The fraction of sp³-hybridized carbons (Fsp3) is 0.632. The molecule has 0 radical (unpaired) electrons. The van der Waals surface area contributed by atoms with Gasteiger partial charge in [0.2, 0.25) is 0 Å². The summed E-state index contributed by atoms with van der Waals surface area (Å²) in [5, 5.41) is 3.56. The number of carbonyl (C=O) groups excluding carboxylic acids is 1. The van der Waals surface area contributed by atoms with Crippen molar-refractivity contribution in [1.29, 1.82) is 0 Å². The lowest BCUT2D eigenvalue weighted by Gasteiger charge is -2.24. The Balaban J connectivity index is 1.70. The van der Waals surface area contributed by atoms with Gasteiger partial charge >= 0.3 is 12.3 Å². The van der Waals surface area contributed by atoms with Crippen LogP contribution in [0.3, 0.4) is 0 Å². The summed E-state index contributed by atoms with van der Waals surface area (Å²) in [6, 6.07) is 1.53. The maximum Gasteiger partial charge on any atom is 0.407 e. The highest BCUT2D eigenvalue weighted by atomic mass is 32.1. The lowest BCUT2D eigenvalue weighted by Crippen LogP contribution is -2.39. The first kappa shape index (κ1) is 21.6. The number of anilines is 1. The first-order chi connectivity index (χ1) is 13.5. The van der Waals surface area contributed by atoms with Gasteiger partial charge in [0, 0.05) is 24.0 Å². The van der Waals surface area contributed by atoms with E-state index in [-0.39, 0.29) is 10.9 Å². The second kappa shape index (κ2) is 8.33. The van der Waals surface area contributed by atoms with Crippen molar-refractivity contribution >= 4 is 33.5 Å². The average Bonchev–Trinajstić information content (AvgIpc) is 2.81. The van der Waals surface area contributed by atoms with Gasteiger partial charge in [0.25, 0.3) is 0 Å². The second-order valence-electron chi connectivity index (χ2n) is 8.18. The van der Waals surface area contributed by atoms with Crippen LogP contribution in [0.25, 0.3) is 10.2 Å². The Labute approximate surface area is 171 Å². The van der Waals surface area contributed by atoms with E-state index in [4.69, 9.17) is 4.74 Å². The number of alkyl carbamates (subject to hydrolysis) is 1. The molecule has 1 amide bonds. The summed E-state index contributed by atoms with van der Waals surface area (Å²) in [7, 11) is 0. The number of halogens is 3. The number of ether oxygens (including phenoxy) is 1. The highest BCUT2D eigenvalue weighted by molar-refractivity contribution is 7.18. The van der Waals surface area contributed by atoms with Gasteiger partial charge in [-0.15, -0.1) is 11.3 Å². The molecule has 3 heterocycles. The molecule has 2 aromatic rings. The summed E-state index contributed by atoms with van der Waals surface area (Å²) in [5.41, 5.74) is -0.555. The maximum absolute atomic E-state index is 12.7. The molecule has 3 rings (SSSR count). The highest BCUT2D eigenvalue weighted by Crippen LogP contribution is 2.34. The Kier molecular flexibility index (Phi) is 6.21. The van der Waals surface area contributed by atoms with Crippen LogP contribution in [0.5, 0.6) is 0 Å². The standard InChI is InChI=1S/C19H25F3N4O2S/c1-18(2,3)28-17(27)25-12-5-4-7-26(8-6-12)15-14-9-13(10-19(20,21)22)29-16(14)24-11-23-15/h9,11-12H,4-8,10H2,1-3H3,(H,25,27)/t12-/m0/s1. The average molecular weight is 430 g/mol. The van der Waals surface area contributed by atoms with Gasteiger partial charge in [0.05, 0.1) is 11.8 Å². The minimum atomic E-state index is -4.25. The van der Waals surface area contributed by atoms with Gasteiger partial charge in [-0.3, -0.25) is 0 Å². The summed E-state index contributed by atoms with van der Waals surface area (Å²) >= 11 is 1.05. The molecule has 10 heteroatoms. The summed E-state index contributed by atoms with van der Waals surface area (Å²) in [5.74, 6) is 0.651. The van der Waals surface area contributed by atoms with Crippen molar-refractivity contribution < 1.29 is 22.7 Å².